The van der Waals surface area contributed by atoms with Crippen LogP contribution in [0.1, 0.15) is 39.0 Å². The van der Waals surface area contributed by atoms with E-state index in [9.17, 15) is 4.79 Å². The summed E-state index contributed by atoms with van der Waals surface area (Å²) in [5, 5.41) is 3.32. The molecule has 25 heavy (non-hydrogen) atoms. The standard InChI is InChI=1S/C20H28N2O3/c1-20(12-15-9-10-18(20)25-15)19(23)21-14-6-5-11-22(13-14)16-7-3-4-8-17(16)24-2/h3-4,7-8,14-15,18H,5-6,9-13H2,1-2H3,(H,21,23)/t14-,15-,18-,20+/m1/s1. The minimum Gasteiger partial charge on any atom is -0.495 e. The van der Waals surface area contributed by atoms with E-state index in [4.69, 9.17) is 9.47 Å². The second kappa shape index (κ2) is 6.52. The Morgan fingerprint density at radius 3 is 2.88 bits per heavy atom. The van der Waals surface area contributed by atoms with Crippen molar-refractivity contribution in [1.29, 1.82) is 0 Å². The first-order chi connectivity index (χ1) is 12.1. The van der Waals surface area contributed by atoms with Crippen molar-refractivity contribution in [1.82, 2.24) is 5.32 Å². The van der Waals surface area contributed by atoms with Crippen LogP contribution in [0, 0.1) is 5.41 Å². The van der Waals surface area contributed by atoms with E-state index in [0.29, 0.717) is 0 Å². The topological polar surface area (TPSA) is 50.8 Å². The van der Waals surface area contributed by atoms with Gasteiger partial charge in [0, 0.05) is 19.1 Å². The zero-order valence-corrected chi connectivity index (χ0v) is 15.2. The molecule has 1 amide bonds. The Hall–Kier alpha value is -1.75. The lowest BCUT2D eigenvalue weighted by Gasteiger charge is -2.38. The van der Waals surface area contributed by atoms with E-state index in [1.807, 2.05) is 18.2 Å². The number of carbonyl (C=O) groups excluding carboxylic acids is 1. The van der Waals surface area contributed by atoms with Crippen LogP contribution in [-0.4, -0.2) is 44.4 Å². The molecule has 0 unspecified atom stereocenters. The van der Waals surface area contributed by atoms with Crippen LogP contribution in [0.3, 0.4) is 0 Å². The van der Waals surface area contributed by atoms with Gasteiger partial charge in [-0.15, -0.1) is 0 Å². The molecule has 0 saturated carbocycles. The summed E-state index contributed by atoms with van der Waals surface area (Å²) in [6, 6.07) is 8.29. The molecular weight excluding hydrogens is 316 g/mol. The predicted octanol–water partition coefficient (Wildman–Crippen LogP) is 2.74. The van der Waals surface area contributed by atoms with Gasteiger partial charge in [-0.05, 0) is 51.2 Å². The van der Waals surface area contributed by atoms with E-state index >= 15 is 0 Å². The number of ether oxygens (including phenoxy) is 2. The van der Waals surface area contributed by atoms with Crippen molar-refractivity contribution in [3.05, 3.63) is 24.3 Å². The van der Waals surface area contributed by atoms with Crippen molar-refractivity contribution in [3.8, 4) is 5.75 Å². The van der Waals surface area contributed by atoms with Crippen LogP contribution >= 0.6 is 0 Å². The minimum atomic E-state index is -0.352. The first kappa shape index (κ1) is 16.7. The van der Waals surface area contributed by atoms with Crippen molar-refractivity contribution >= 4 is 11.6 Å². The Bertz CT molecular complexity index is 650. The number of piperidine rings is 1. The quantitative estimate of drug-likeness (QED) is 0.912. The van der Waals surface area contributed by atoms with Gasteiger partial charge < -0.3 is 19.7 Å². The van der Waals surface area contributed by atoms with Crippen LogP contribution < -0.4 is 15.0 Å². The summed E-state index contributed by atoms with van der Waals surface area (Å²) < 4.78 is 11.4. The molecule has 5 heteroatoms. The highest BCUT2D eigenvalue weighted by atomic mass is 16.5. The number of anilines is 1. The van der Waals surface area contributed by atoms with Gasteiger partial charge in [-0.2, -0.15) is 0 Å². The van der Waals surface area contributed by atoms with Crippen LogP contribution in [0.2, 0.25) is 0 Å². The zero-order valence-electron chi connectivity index (χ0n) is 15.2. The molecule has 1 N–H and O–H groups in total. The molecule has 3 aliphatic rings. The number of carbonyl (C=O) groups is 1. The molecule has 5 nitrogen and oxygen atoms in total. The molecule has 3 saturated heterocycles. The van der Waals surface area contributed by atoms with Gasteiger partial charge in [-0.3, -0.25) is 4.79 Å². The fraction of sp³-hybridized carbons (Fsp3) is 0.650. The Balaban J connectivity index is 1.42. The number of amides is 1. The maximum Gasteiger partial charge on any atom is 0.228 e. The van der Waals surface area contributed by atoms with Crippen molar-refractivity contribution in [2.75, 3.05) is 25.1 Å². The van der Waals surface area contributed by atoms with Crippen molar-refractivity contribution in [2.24, 2.45) is 5.41 Å². The molecule has 0 radical (unpaired) electrons. The third kappa shape index (κ3) is 2.99. The van der Waals surface area contributed by atoms with E-state index < -0.39 is 0 Å². The molecule has 3 heterocycles. The number of nitrogens with zero attached hydrogens (tertiary/aromatic N) is 1. The third-order valence-corrected chi connectivity index (χ3v) is 6.17. The molecule has 136 valence electrons. The second-order valence-electron chi connectivity index (χ2n) is 7.88. The summed E-state index contributed by atoms with van der Waals surface area (Å²) in [6.45, 7) is 3.90. The summed E-state index contributed by atoms with van der Waals surface area (Å²) in [5.41, 5.74) is 0.758. The summed E-state index contributed by atoms with van der Waals surface area (Å²) in [6.07, 6.45) is 5.49. The first-order valence-corrected chi connectivity index (χ1v) is 9.44. The lowest BCUT2D eigenvalue weighted by Crippen LogP contribution is -2.53. The van der Waals surface area contributed by atoms with Crippen molar-refractivity contribution in [3.63, 3.8) is 0 Å². The number of nitrogens with one attached hydrogen (secondary N) is 1. The van der Waals surface area contributed by atoms with Gasteiger partial charge in [0.25, 0.3) is 0 Å². The summed E-state index contributed by atoms with van der Waals surface area (Å²) in [4.78, 5) is 15.3. The van der Waals surface area contributed by atoms with E-state index in [1.165, 1.54) is 0 Å². The largest absolute Gasteiger partial charge is 0.495 e. The molecule has 4 atom stereocenters. The number of para-hydroxylation sites is 2. The smallest absolute Gasteiger partial charge is 0.228 e. The van der Waals surface area contributed by atoms with E-state index in [0.717, 1.165) is 56.6 Å². The van der Waals surface area contributed by atoms with Crippen LogP contribution in [0.15, 0.2) is 24.3 Å². The molecule has 0 aliphatic carbocycles. The van der Waals surface area contributed by atoms with Crippen LogP contribution in [0.25, 0.3) is 0 Å². The SMILES string of the molecule is COc1ccccc1N1CCC[C@@H](NC(=O)[C@@]2(C)C[C@H]3CC[C@H]2O3)C1. The molecular formula is C20H28N2O3. The highest BCUT2D eigenvalue weighted by molar-refractivity contribution is 5.84. The monoisotopic (exact) mass is 344 g/mol. The number of rotatable bonds is 4. The number of fused-ring (bicyclic) bond motifs is 2. The Kier molecular flexibility index (Phi) is 4.36. The average Bonchev–Trinajstić information content (AvgIpc) is 3.23. The highest BCUT2D eigenvalue weighted by Gasteiger charge is 2.54. The lowest BCUT2D eigenvalue weighted by molar-refractivity contribution is -0.133. The number of methoxy groups -OCH3 is 1. The maximum absolute atomic E-state index is 13.0. The Labute approximate surface area is 149 Å². The summed E-state index contributed by atoms with van der Waals surface area (Å²) in [7, 11) is 1.71. The minimum absolute atomic E-state index is 0.103. The zero-order chi connectivity index (χ0) is 17.4. The molecule has 3 fully saturated rings. The lowest BCUT2D eigenvalue weighted by atomic mass is 9.74. The maximum atomic E-state index is 13.0. The van der Waals surface area contributed by atoms with Gasteiger partial charge in [0.1, 0.15) is 5.75 Å². The third-order valence-electron chi connectivity index (χ3n) is 6.17. The normalized spacial score (nSPS) is 34.2. The van der Waals surface area contributed by atoms with E-state index in [1.54, 1.807) is 7.11 Å². The van der Waals surface area contributed by atoms with Gasteiger partial charge in [0.05, 0.1) is 30.4 Å². The first-order valence-electron chi connectivity index (χ1n) is 9.44. The van der Waals surface area contributed by atoms with Crippen LogP contribution in [-0.2, 0) is 9.53 Å². The number of hydrogen-bond donors (Lipinski definition) is 1. The van der Waals surface area contributed by atoms with E-state index in [-0.39, 0.29) is 29.6 Å². The number of benzene rings is 1. The molecule has 0 spiro atoms. The molecule has 1 aromatic carbocycles. The average molecular weight is 344 g/mol. The Morgan fingerprint density at radius 2 is 2.16 bits per heavy atom. The molecule has 0 aromatic heterocycles. The van der Waals surface area contributed by atoms with Gasteiger partial charge in [0.2, 0.25) is 5.91 Å². The highest BCUT2D eigenvalue weighted by Crippen LogP contribution is 2.47. The van der Waals surface area contributed by atoms with Gasteiger partial charge in [-0.25, -0.2) is 0 Å². The predicted molar refractivity (Wildman–Crippen MR) is 97.0 cm³/mol. The van der Waals surface area contributed by atoms with Crippen LogP contribution in [0.4, 0.5) is 5.69 Å². The van der Waals surface area contributed by atoms with Crippen molar-refractivity contribution < 1.29 is 14.3 Å². The number of hydrogen-bond acceptors (Lipinski definition) is 4. The van der Waals surface area contributed by atoms with Gasteiger partial charge >= 0.3 is 0 Å². The van der Waals surface area contributed by atoms with Crippen LogP contribution in [0.5, 0.6) is 5.75 Å². The molecule has 2 bridgehead atoms. The van der Waals surface area contributed by atoms with E-state index in [2.05, 4.69) is 23.2 Å². The summed E-state index contributed by atoms with van der Waals surface area (Å²) in [5.74, 6) is 1.06. The molecule has 4 rings (SSSR count). The molecule has 1 aromatic rings. The summed E-state index contributed by atoms with van der Waals surface area (Å²) >= 11 is 0. The fourth-order valence-corrected chi connectivity index (χ4v) is 4.72. The fourth-order valence-electron chi connectivity index (χ4n) is 4.72. The van der Waals surface area contributed by atoms with Gasteiger partial charge in [0.15, 0.2) is 0 Å². The van der Waals surface area contributed by atoms with Gasteiger partial charge in [-0.1, -0.05) is 12.1 Å². The molecule has 3 aliphatic heterocycles. The second-order valence-corrected chi connectivity index (χ2v) is 7.88. The Morgan fingerprint density at radius 1 is 1.32 bits per heavy atom. The van der Waals surface area contributed by atoms with Crippen molar-refractivity contribution in [2.45, 2.75) is 57.3 Å².